The van der Waals surface area contributed by atoms with Gasteiger partial charge in [0.05, 0.1) is 6.10 Å². The predicted molar refractivity (Wildman–Crippen MR) is 88.3 cm³/mol. The van der Waals surface area contributed by atoms with Crippen molar-refractivity contribution in [1.29, 1.82) is 0 Å². The molecule has 0 aliphatic heterocycles. The fourth-order valence-electron chi connectivity index (χ4n) is 2.06. The predicted octanol–water partition coefficient (Wildman–Crippen LogP) is 4.61. The standard InChI is InChI=1S/C16H21BrN2O/c1-12(2)20-11-4-3-9-18-16-14-6-5-7-15(17)13(14)8-10-19-16/h5-8,10,12H,3-4,9,11H2,1-2H3,(H,18,19). The van der Waals surface area contributed by atoms with Gasteiger partial charge >= 0.3 is 0 Å². The van der Waals surface area contributed by atoms with Gasteiger partial charge in [0, 0.05) is 34.6 Å². The first-order valence-corrected chi connectivity index (χ1v) is 7.86. The maximum atomic E-state index is 5.53. The molecule has 3 nitrogen and oxygen atoms in total. The second kappa shape index (κ2) is 7.60. The average Bonchev–Trinajstić information content (AvgIpc) is 2.43. The lowest BCUT2D eigenvalue weighted by molar-refractivity contribution is 0.0765. The molecule has 0 unspecified atom stereocenters. The number of aromatic nitrogens is 1. The topological polar surface area (TPSA) is 34.1 Å². The number of anilines is 1. The summed E-state index contributed by atoms with van der Waals surface area (Å²) in [5.74, 6) is 0.952. The maximum Gasteiger partial charge on any atom is 0.133 e. The molecule has 20 heavy (non-hydrogen) atoms. The zero-order chi connectivity index (χ0) is 14.4. The number of halogens is 1. The Bertz CT molecular complexity index is 557. The molecule has 0 radical (unpaired) electrons. The molecule has 1 aromatic heterocycles. The van der Waals surface area contributed by atoms with Crippen LogP contribution in [0.5, 0.6) is 0 Å². The first kappa shape index (κ1) is 15.3. The molecule has 0 saturated heterocycles. The van der Waals surface area contributed by atoms with E-state index in [2.05, 4.69) is 52.2 Å². The molecule has 1 N–H and O–H groups in total. The Labute approximate surface area is 128 Å². The highest BCUT2D eigenvalue weighted by Crippen LogP contribution is 2.27. The highest BCUT2D eigenvalue weighted by atomic mass is 79.9. The summed E-state index contributed by atoms with van der Waals surface area (Å²) in [4.78, 5) is 4.43. The van der Waals surface area contributed by atoms with Crippen molar-refractivity contribution in [2.45, 2.75) is 32.8 Å². The van der Waals surface area contributed by atoms with E-state index in [4.69, 9.17) is 4.74 Å². The van der Waals surface area contributed by atoms with Crippen LogP contribution in [0.1, 0.15) is 26.7 Å². The van der Waals surface area contributed by atoms with E-state index in [1.54, 1.807) is 0 Å². The highest BCUT2D eigenvalue weighted by Gasteiger charge is 2.03. The van der Waals surface area contributed by atoms with E-state index in [9.17, 15) is 0 Å². The Morgan fingerprint density at radius 1 is 1.20 bits per heavy atom. The number of benzene rings is 1. The van der Waals surface area contributed by atoms with E-state index >= 15 is 0 Å². The van der Waals surface area contributed by atoms with Crippen LogP contribution < -0.4 is 5.32 Å². The maximum absolute atomic E-state index is 5.53. The van der Waals surface area contributed by atoms with Gasteiger partial charge in [-0.25, -0.2) is 4.98 Å². The molecule has 0 saturated carbocycles. The van der Waals surface area contributed by atoms with Gasteiger partial charge < -0.3 is 10.1 Å². The molecule has 0 fully saturated rings. The third-order valence-electron chi connectivity index (χ3n) is 3.07. The summed E-state index contributed by atoms with van der Waals surface area (Å²) < 4.78 is 6.63. The summed E-state index contributed by atoms with van der Waals surface area (Å²) in [6.45, 7) is 5.88. The number of nitrogens with zero attached hydrogens (tertiary/aromatic N) is 1. The quantitative estimate of drug-likeness (QED) is 0.749. The van der Waals surface area contributed by atoms with Gasteiger partial charge in [0.2, 0.25) is 0 Å². The van der Waals surface area contributed by atoms with Crippen LogP contribution in [0, 0.1) is 0 Å². The summed E-state index contributed by atoms with van der Waals surface area (Å²) in [6, 6.07) is 8.21. The van der Waals surface area contributed by atoms with Gasteiger partial charge in [-0.3, -0.25) is 0 Å². The van der Waals surface area contributed by atoms with Crippen LogP contribution in [0.25, 0.3) is 10.8 Å². The van der Waals surface area contributed by atoms with E-state index < -0.39 is 0 Å². The monoisotopic (exact) mass is 336 g/mol. The van der Waals surface area contributed by atoms with Crippen LogP contribution >= 0.6 is 15.9 Å². The molecule has 4 heteroatoms. The SMILES string of the molecule is CC(C)OCCCCNc1nccc2c(Br)cccc12. The number of hydrogen-bond donors (Lipinski definition) is 1. The number of nitrogens with one attached hydrogen (secondary N) is 1. The van der Waals surface area contributed by atoms with E-state index in [0.717, 1.165) is 41.7 Å². The van der Waals surface area contributed by atoms with E-state index in [1.165, 1.54) is 5.39 Å². The Hall–Kier alpha value is -1.13. The van der Waals surface area contributed by atoms with Crippen molar-refractivity contribution in [3.05, 3.63) is 34.9 Å². The smallest absolute Gasteiger partial charge is 0.133 e. The van der Waals surface area contributed by atoms with Crippen LogP contribution in [0.3, 0.4) is 0 Å². The van der Waals surface area contributed by atoms with Gasteiger partial charge in [-0.05, 0) is 38.8 Å². The molecular formula is C16H21BrN2O. The van der Waals surface area contributed by atoms with E-state index in [1.807, 2.05) is 18.3 Å². The summed E-state index contributed by atoms with van der Waals surface area (Å²) in [6.07, 6.45) is 4.32. The van der Waals surface area contributed by atoms with Crippen molar-refractivity contribution in [3.8, 4) is 0 Å². The Morgan fingerprint density at radius 3 is 2.85 bits per heavy atom. The van der Waals surface area contributed by atoms with Crippen molar-refractivity contribution < 1.29 is 4.74 Å². The van der Waals surface area contributed by atoms with Crippen molar-refractivity contribution in [2.75, 3.05) is 18.5 Å². The number of fused-ring (bicyclic) bond motifs is 1. The first-order chi connectivity index (χ1) is 9.68. The Balaban J connectivity index is 1.89. The van der Waals surface area contributed by atoms with Gasteiger partial charge in [-0.15, -0.1) is 0 Å². The highest BCUT2D eigenvalue weighted by molar-refractivity contribution is 9.10. The summed E-state index contributed by atoms with van der Waals surface area (Å²) in [7, 11) is 0. The normalized spacial score (nSPS) is 11.2. The molecule has 2 aromatic rings. The van der Waals surface area contributed by atoms with Crippen molar-refractivity contribution in [1.82, 2.24) is 4.98 Å². The van der Waals surface area contributed by atoms with Crippen molar-refractivity contribution in [3.63, 3.8) is 0 Å². The minimum atomic E-state index is 0.319. The zero-order valence-corrected chi connectivity index (χ0v) is 13.6. The van der Waals surface area contributed by atoms with Crippen LogP contribution in [0.2, 0.25) is 0 Å². The van der Waals surface area contributed by atoms with Crippen LogP contribution in [0.4, 0.5) is 5.82 Å². The molecule has 1 aromatic carbocycles. The fourth-order valence-corrected chi connectivity index (χ4v) is 2.56. The minimum Gasteiger partial charge on any atom is -0.379 e. The molecule has 108 valence electrons. The molecule has 1 heterocycles. The summed E-state index contributed by atoms with van der Waals surface area (Å²) in [5.41, 5.74) is 0. The summed E-state index contributed by atoms with van der Waals surface area (Å²) in [5, 5.41) is 5.76. The van der Waals surface area contributed by atoms with Crippen LogP contribution in [-0.4, -0.2) is 24.2 Å². The van der Waals surface area contributed by atoms with Crippen molar-refractivity contribution >= 4 is 32.5 Å². The number of hydrogen-bond acceptors (Lipinski definition) is 3. The summed E-state index contributed by atoms with van der Waals surface area (Å²) >= 11 is 3.57. The number of rotatable bonds is 7. The Morgan fingerprint density at radius 2 is 2.05 bits per heavy atom. The van der Waals surface area contributed by atoms with Gasteiger partial charge in [-0.1, -0.05) is 28.1 Å². The molecule has 0 aliphatic rings. The zero-order valence-electron chi connectivity index (χ0n) is 12.0. The number of unbranched alkanes of at least 4 members (excludes halogenated alkanes) is 1. The fraction of sp³-hybridized carbons (Fsp3) is 0.438. The van der Waals surface area contributed by atoms with E-state index in [-0.39, 0.29) is 0 Å². The Kier molecular flexibility index (Phi) is 5.80. The third-order valence-corrected chi connectivity index (χ3v) is 3.76. The van der Waals surface area contributed by atoms with E-state index in [0.29, 0.717) is 6.10 Å². The molecule has 0 amide bonds. The van der Waals surface area contributed by atoms with Gasteiger partial charge in [0.25, 0.3) is 0 Å². The van der Waals surface area contributed by atoms with Gasteiger partial charge in [0.15, 0.2) is 0 Å². The first-order valence-electron chi connectivity index (χ1n) is 7.07. The molecule has 0 bridgehead atoms. The molecule has 0 aliphatic carbocycles. The lowest BCUT2D eigenvalue weighted by atomic mass is 10.1. The van der Waals surface area contributed by atoms with Crippen LogP contribution in [-0.2, 0) is 4.74 Å². The van der Waals surface area contributed by atoms with Gasteiger partial charge in [0.1, 0.15) is 5.82 Å². The molecule has 0 spiro atoms. The van der Waals surface area contributed by atoms with Crippen LogP contribution in [0.15, 0.2) is 34.9 Å². The lowest BCUT2D eigenvalue weighted by Gasteiger charge is -2.10. The van der Waals surface area contributed by atoms with Gasteiger partial charge in [-0.2, -0.15) is 0 Å². The third kappa shape index (κ3) is 4.18. The molecule has 0 atom stereocenters. The average molecular weight is 337 g/mol. The molecule has 2 rings (SSSR count). The second-order valence-electron chi connectivity index (χ2n) is 5.05. The van der Waals surface area contributed by atoms with Crippen molar-refractivity contribution in [2.24, 2.45) is 0 Å². The molecular weight excluding hydrogens is 316 g/mol. The number of ether oxygens (including phenoxy) is 1. The lowest BCUT2D eigenvalue weighted by Crippen LogP contribution is -2.07. The number of pyridine rings is 1. The largest absolute Gasteiger partial charge is 0.379 e. The minimum absolute atomic E-state index is 0.319. The second-order valence-corrected chi connectivity index (χ2v) is 5.90.